The maximum Gasteiger partial charge on any atom is 0.274 e. The summed E-state index contributed by atoms with van der Waals surface area (Å²) < 4.78 is 13.6. The quantitative estimate of drug-likeness (QED) is 0.519. The van der Waals surface area contributed by atoms with E-state index in [1.54, 1.807) is 0 Å². The van der Waals surface area contributed by atoms with Crippen molar-refractivity contribution in [2.24, 2.45) is 11.8 Å². The van der Waals surface area contributed by atoms with Crippen molar-refractivity contribution in [1.29, 1.82) is 0 Å². The van der Waals surface area contributed by atoms with Gasteiger partial charge in [0, 0.05) is 24.8 Å². The highest BCUT2D eigenvalue weighted by atomic mass is 19.1. The van der Waals surface area contributed by atoms with Gasteiger partial charge in [-0.3, -0.25) is 10.1 Å². The molecule has 21 heavy (non-hydrogen) atoms. The summed E-state index contributed by atoms with van der Waals surface area (Å²) >= 11 is 0. The zero-order chi connectivity index (χ0) is 16.0. The monoisotopic (exact) mass is 296 g/mol. The molecule has 1 rings (SSSR count). The number of anilines is 1. The number of rotatable bonds is 8. The lowest BCUT2D eigenvalue weighted by Gasteiger charge is -2.26. The number of benzene rings is 1. The van der Waals surface area contributed by atoms with E-state index in [2.05, 4.69) is 32.6 Å². The number of nitro groups is 1. The van der Waals surface area contributed by atoms with Gasteiger partial charge in [0.15, 0.2) is 0 Å². The third-order valence-electron chi connectivity index (χ3n) is 3.40. The van der Waals surface area contributed by atoms with Crippen LogP contribution in [-0.4, -0.2) is 18.0 Å². The minimum Gasteiger partial charge on any atom is -0.371 e. The van der Waals surface area contributed by atoms with E-state index in [0.29, 0.717) is 17.5 Å². The first kappa shape index (κ1) is 17.4. The van der Waals surface area contributed by atoms with E-state index >= 15 is 0 Å². The second kappa shape index (κ2) is 7.96. The maximum atomic E-state index is 13.6. The molecule has 0 unspecified atom stereocenters. The molecule has 0 bridgehead atoms. The summed E-state index contributed by atoms with van der Waals surface area (Å²) in [6, 6.07) is 3.81. The molecule has 0 atom stereocenters. The van der Waals surface area contributed by atoms with Crippen molar-refractivity contribution in [2.45, 2.75) is 40.5 Å². The average molecular weight is 296 g/mol. The summed E-state index contributed by atoms with van der Waals surface area (Å²) in [5.74, 6) is 0.517. The summed E-state index contributed by atoms with van der Waals surface area (Å²) in [4.78, 5) is 12.4. The first-order chi connectivity index (χ1) is 9.79. The summed E-state index contributed by atoms with van der Waals surface area (Å²) in [6.45, 7) is 10.1. The molecule has 4 nitrogen and oxygen atoms in total. The molecular formula is C16H25FN2O2. The molecule has 0 aromatic heterocycles. The third-order valence-corrected chi connectivity index (χ3v) is 3.40. The first-order valence-corrected chi connectivity index (χ1v) is 7.49. The van der Waals surface area contributed by atoms with Crippen LogP contribution < -0.4 is 4.90 Å². The highest BCUT2D eigenvalue weighted by Gasteiger charge is 2.15. The Balaban J connectivity index is 2.97. The Bertz CT molecular complexity index is 463. The molecule has 0 aliphatic rings. The van der Waals surface area contributed by atoms with Gasteiger partial charge >= 0.3 is 0 Å². The molecule has 0 fully saturated rings. The number of nitrogens with zero attached hydrogens (tertiary/aromatic N) is 2. The van der Waals surface area contributed by atoms with Crippen molar-refractivity contribution in [3.8, 4) is 0 Å². The fourth-order valence-corrected chi connectivity index (χ4v) is 2.05. The zero-order valence-corrected chi connectivity index (χ0v) is 13.3. The van der Waals surface area contributed by atoms with E-state index in [0.717, 1.165) is 32.0 Å². The Morgan fingerprint density at radius 2 is 1.62 bits per heavy atom. The SMILES string of the molecule is CC(C)CCN(CCC(C)C)c1cc(F)cc([N+](=O)[O-])c1. The highest BCUT2D eigenvalue weighted by molar-refractivity contribution is 5.53. The molecule has 118 valence electrons. The summed E-state index contributed by atoms with van der Waals surface area (Å²) in [6.07, 6.45) is 1.95. The van der Waals surface area contributed by atoms with Gasteiger partial charge in [0.05, 0.1) is 11.0 Å². The molecule has 0 saturated heterocycles. The second-order valence-electron chi connectivity index (χ2n) is 6.28. The van der Waals surface area contributed by atoms with Crippen LogP contribution in [0.4, 0.5) is 15.8 Å². The molecule has 0 radical (unpaired) electrons. The van der Waals surface area contributed by atoms with Crippen molar-refractivity contribution >= 4 is 11.4 Å². The van der Waals surface area contributed by atoms with Crippen LogP contribution in [-0.2, 0) is 0 Å². The summed E-state index contributed by atoms with van der Waals surface area (Å²) in [5.41, 5.74) is 0.409. The Hall–Kier alpha value is -1.65. The largest absolute Gasteiger partial charge is 0.371 e. The molecular weight excluding hydrogens is 271 g/mol. The smallest absolute Gasteiger partial charge is 0.274 e. The summed E-state index contributed by atoms with van der Waals surface area (Å²) in [5, 5.41) is 10.9. The molecule has 0 amide bonds. The van der Waals surface area contributed by atoms with Crippen LogP contribution in [0.2, 0.25) is 0 Å². The highest BCUT2D eigenvalue weighted by Crippen LogP contribution is 2.24. The van der Waals surface area contributed by atoms with E-state index in [1.165, 1.54) is 12.1 Å². The van der Waals surface area contributed by atoms with Gasteiger partial charge in [-0.15, -0.1) is 0 Å². The molecule has 0 aliphatic heterocycles. The normalized spacial score (nSPS) is 11.2. The van der Waals surface area contributed by atoms with Gasteiger partial charge in [-0.1, -0.05) is 27.7 Å². The molecule has 0 heterocycles. The second-order valence-corrected chi connectivity index (χ2v) is 6.28. The van der Waals surface area contributed by atoms with Crippen LogP contribution in [0.3, 0.4) is 0 Å². The predicted molar refractivity (Wildman–Crippen MR) is 84.2 cm³/mol. The Morgan fingerprint density at radius 3 is 2.05 bits per heavy atom. The van der Waals surface area contributed by atoms with E-state index in [4.69, 9.17) is 0 Å². The minimum atomic E-state index is -0.557. The standard InChI is InChI=1S/C16H25FN2O2/c1-12(2)5-7-18(8-6-13(3)4)15-9-14(17)10-16(11-15)19(20)21/h9-13H,5-8H2,1-4H3. The number of non-ortho nitro benzene ring substituents is 1. The van der Waals surface area contributed by atoms with E-state index in [9.17, 15) is 14.5 Å². The fourth-order valence-electron chi connectivity index (χ4n) is 2.05. The van der Waals surface area contributed by atoms with Crippen molar-refractivity contribution in [3.05, 3.63) is 34.1 Å². The molecule has 0 spiro atoms. The maximum absolute atomic E-state index is 13.6. The number of hydrogen-bond acceptors (Lipinski definition) is 3. The fraction of sp³-hybridized carbons (Fsp3) is 0.625. The number of hydrogen-bond donors (Lipinski definition) is 0. The van der Waals surface area contributed by atoms with Gasteiger partial charge in [0.1, 0.15) is 5.82 Å². The summed E-state index contributed by atoms with van der Waals surface area (Å²) in [7, 11) is 0. The molecule has 1 aromatic carbocycles. The molecule has 0 saturated carbocycles. The predicted octanol–water partition coefficient (Wildman–Crippen LogP) is 4.63. The Labute approximate surface area is 126 Å². The lowest BCUT2D eigenvalue weighted by molar-refractivity contribution is -0.385. The Morgan fingerprint density at radius 1 is 1.10 bits per heavy atom. The topological polar surface area (TPSA) is 46.4 Å². The van der Waals surface area contributed by atoms with Crippen LogP contribution in [0, 0.1) is 27.8 Å². The van der Waals surface area contributed by atoms with Crippen LogP contribution >= 0.6 is 0 Å². The van der Waals surface area contributed by atoms with Crippen LogP contribution in [0.5, 0.6) is 0 Å². The molecule has 1 aromatic rings. The number of nitro benzene ring substituents is 1. The lowest BCUT2D eigenvalue weighted by Crippen LogP contribution is -2.27. The first-order valence-electron chi connectivity index (χ1n) is 7.49. The van der Waals surface area contributed by atoms with E-state index < -0.39 is 10.7 Å². The van der Waals surface area contributed by atoms with Crippen molar-refractivity contribution in [1.82, 2.24) is 0 Å². The minimum absolute atomic E-state index is 0.191. The van der Waals surface area contributed by atoms with Gasteiger partial charge in [-0.25, -0.2) is 4.39 Å². The van der Waals surface area contributed by atoms with Crippen LogP contribution in [0.1, 0.15) is 40.5 Å². The molecule has 0 aliphatic carbocycles. The van der Waals surface area contributed by atoms with Gasteiger partial charge in [0.25, 0.3) is 5.69 Å². The number of halogens is 1. The van der Waals surface area contributed by atoms with Gasteiger partial charge < -0.3 is 4.90 Å². The Kier molecular flexibility index (Phi) is 6.59. The van der Waals surface area contributed by atoms with Crippen LogP contribution in [0.25, 0.3) is 0 Å². The van der Waals surface area contributed by atoms with Gasteiger partial charge in [-0.05, 0) is 30.7 Å². The van der Waals surface area contributed by atoms with E-state index in [-0.39, 0.29) is 5.69 Å². The van der Waals surface area contributed by atoms with Crippen molar-refractivity contribution < 1.29 is 9.31 Å². The average Bonchev–Trinajstić information content (AvgIpc) is 2.37. The van der Waals surface area contributed by atoms with Gasteiger partial charge in [-0.2, -0.15) is 0 Å². The van der Waals surface area contributed by atoms with Crippen molar-refractivity contribution in [3.63, 3.8) is 0 Å². The van der Waals surface area contributed by atoms with Crippen LogP contribution in [0.15, 0.2) is 18.2 Å². The lowest BCUT2D eigenvalue weighted by atomic mass is 10.1. The van der Waals surface area contributed by atoms with Crippen molar-refractivity contribution in [2.75, 3.05) is 18.0 Å². The third kappa shape index (κ3) is 6.10. The van der Waals surface area contributed by atoms with Gasteiger partial charge in [0.2, 0.25) is 0 Å². The van der Waals surface area contributed by atoms with E-state index in [1.807, 2.05) is 0 Å². The zero-order valence-electron chi connectivity index (χ0n) is 13.3. The molecule has 0 N–H and O–H groups in total. The molecule has 5 heteroatoms.